The second-order valence-electron chi connectivity index (χ2n) is 18.9. The van der Waals surface area contributed by atoms with Crippen LogP contribution in [-0.2, 0) is 14.4 Å². The number of alkyl halides is 4. The highest BCUT2D eigenvalue weighted by atomic mass is 19.4. The first-order valence-electron chi connectivity index (χ1n) is 24.5. The minimum Gasteiger partial charge on any atom is -0.358 e. The SMILES string of the molecule is CC(C)(Nc1nc(-c2c[nH]c3ncccc23)ncc1F)C(=O)NCCF.CC(C)[C@@H](Nc1ccnc(-c2c[nH]c3ncccc23)n1)C(=O)NCC(F)(F)F.CCNC(=O)C(C)(C)Nc1nc(-c2c[nH]c3ncccc23)ncc1F.[HH].[HH].[HH].[HH].[HH].[HH].[HH].[HH].[HH]. The average molecular weight is 1110 g/mol. The van der Waals surface area contributed by atoms with Gasteiger partial charge in [0, 0.05) is 102 Å². The zero-order valence-electron chi connectivity index (χ0n) is 43.7. The molecule has 9 aromatic heterocycles. The summed E-state index contributed by atoms with van der Waals surface area (Å²) in [6.07, 6.45) is 9.31. The fourth-order valence-electron chi connectivity index (χ4n) is 7.62. The lowest BCUT2D eigenvalue weighted by Crippen LogP contribution is -2.48. The number of hydrogen-bond acceptors (Lipinski definition) is 15. The van der Waals surface area contributed by atoms with E-state index in [1.54, 1.807) is 103 Å². The molecule has 0 unspecified atom stereocenters. The Kier molecular flexibility index (Phi) is 18.0. The van der Waals surface area contributed by atoms with Gasteiger partial charge in [-0.15, -0.1) is 0 Å². The molecule has 0 aliphatic heterocycles. The number of halogens is 6. The number of aromatic nitrogens is 12. The highest BCUT2D eigenvalue weighted by molar-refractivity contribution is 5.94. The summed E-state index contributed by atoms with van der Waals surface area (Å²) in [5, 5.41) is 18.0. The number of H-pyrrole nitrogens is 3. The molecule has 27 heteroatoms. The number of pyridine rings is 3. The third-order valence-corrected chi connectivity index (χ3v) is 11.6. The largest absolute Gasteiger partial charge is 0.405 e. The predicted octanol–water partition coefficient (Wildman–Crippen LogP) is 10.3. The smallest absolute Gasteiger partial charge is 0.358 e. The van der Waals surface area contributed by atoms with Crippen molar-refractivity contribution < 1.29 is 53.6 Å². The summed E-state index contributed by atoms with van der Waals surface area (Å²) in [6, 6.07) is 11.7. The van der Waals surface area contributed by atoms with Crippen LogP contribution in [0.2, 0.25) is 0 Å². The molecule has 0 saturated heterocycles. The fourth-order valence-corrected chi connectivity index (χ4v) is 7.62. The molecular weight excluding hydrogens is 1040 g/mol. The Morgan fingerprint density at radius 2 is 1.05 bits per heavy atom. The molecule has 3 amide bonds. The Labute approximate surface area is 460 Å². The lowest BCUT2D eigenvalue weighted by Gasteiger charge is -2.25. The van der Waals surface area contributed by atoms with Gasteiger partial charge in [0.25, 0.3) is 0 Å². The minimum atomic E-state index is -4.47. The second-order valence-corrected chi connectivity index (χ2v) is 18.9. The molecule has 0 fully saturated rings. The standard InChI is InChI=1S/C18H19F3N6O.C17H18F2N6O.C17H19FN6O.9H2/c1-10(2)14(17(28)25-9-18(19,20)21)26-13-5-7-23-16(27-13)12-8-24-15-11(12)4-3-6-22-15;1-17(2,16(26)21-7-5-18)25-15-12(19)9-23-14(24-15)11-8-22-13-10(11)4-3-6-20-13;1-4-19-16(25)17(2,3)24-15-12(18)9-22-14(23-15)11-8-21-13-10(11)6-5-7-20-13;;;;;;;;;/h3-8,10,14H,9H2,1-2H3,(H,22,24)(H,25,28)(H,23,26,27);3-4,6,8-9H,5,7H2,1-2H3,(H,20,22)(H,21,26)(H,23,24,25);5-9H,4H2,1-3H3,(H,19,25)(H,20,21)(H,22,23,24);9*1H/t14-;;;;;;;;;;;/m1.........../s1. The number of rotatable bonds is 17. The van der Waals surface area contributed by atoms with E-state index in [0.717, 1.165) is 34.1 Å². The van der Waals surface area contributed by atoms with E-state index in [0.29, 0.717) is 52.1 Å². The summed E-state index contributed by atoms with van der Waals surface area (Å²) < 4.78 is 77.7. The number of likely N-dealkylation sites (N-methyl/N-ethyl adjacent to an activating group) is 1. The molecule has 21 nitrogen and oxygen atoms in total. The molecule has 9 heterocycles. The summed E-state index contributed by atoms with van der Waals surface area (Å²) in [5.41, 5.74) is 1.94. The van der Waals surface area contributed by atoms with E-state index in [4.69, 9.17) is 0 Å². The number of nitrogens with zero attached hydrogens (tertiary/aromatic N) is 9. The molecule has 9 aromatic rings. The Hall–Kier alpha value is -9.30. The maximum Gasteiger partial charge on any atom is 0.405 e. The summed E-state index contributed by atoms with van der Waals surface area (Å²) in [7, 11) is 0. The van der Waals surface area contributed by atoms with Crippen LogP contribution in [0.4, 0.5) is 43.8 Å². The van der Waals surface area contributed by atoms with E-state index in [1.807, 2.05) is 30.4 Å². The fraction of sp³-hybridized carbons (Fsp3) is 0.308. The van der Waals surface area contributed by atoms with Crippen molar-refractivity contribution in [3.63, 3.8) is 0 Å². The molecular formula is C52H74F6N18O3. The molecule has 9 N–H and O–H groups in total. The van der Waals surface area contributed by atoms with Crippen LogP contribution in [0.3, 0.4) is 0 Å². The van der Waals surface area contributed by atoms with Crippen LogP contribution in [0, 0.1) is 17.6 Å². The topological polar surface area (TPSA) is 287 Å². The van der Waals surface area contributed by atoms with Crippen LogP contribution in [0.25, 0.3) is 67.3 Å². The van der Waals surface area contributed by atoms with Gasteiger partial charge in [-0.1, -0.05) is 13.8 Å². The third-order valence-electron chi connectivity index (χ3n) is 11.6. The number of hydrogen-bond donors (Lipinski definition) is 9. The molecule has 0 aliphatic carbocycles. The van der Waals surface area contributed by atoms with Gasteiger partial charge in [-0.25, -0.2) is 58.0 Å². The number of carbonyl (C=O) groups is 3. The van der Waals surface area contributed by atoms with Crippen LogP contribution in [0.5, 0.6) is 0 Å². The van der Waals surface area contributed by atoms with Crippen LogP contribution < -0.4 is 31.9 Å². The number of amides is 3. The van der Waals surface area contributed by atoms with Crippen LogP contribution >= 0.6 is 0 Å². The first-order chi connectivity index (χ1) is 37.6. The van der Waals surface area contributed by atoms with E-state index in [1.165, 1.54) is 6.20 Å². The lowest BCUT2D eigenvalue weighted by atomic mass is 10.0. The zero-order valence-corrected chi connectivity index (χ0v) is 43.7. The Morgan fingerprint density at radius 1 is 0.608 bits per heavy atom. The van der Waals surface area contributed by atoms with Crippen molar-refractivity contribution in [1.82, 2.24) is 75.8 Å². The molecule has 0 bridgehead atoms. The van der Waals surface area contributed by atoms with Gasteiger partial charge in [-0.05, 0) is 83.0 Å². The summed E-state index contributed by atoms with van der Waals surface area (Å²) in [4.78, 5) is 83.4. The number of aromatic amines is 3. The van der Waals surface area contributed by atoms with Gasteiger partial charge in [0.15, 0.2) is 40.7 Å². The van der Waals surface area contributed by atoms with E-state index in [-0.39, 0.29) is 48.7 Å². The van der Waals surface area contributed by atoms with Gasteiger partial charge >= 0.3 is 6.18 Å². The normalized spacial score (nSPS) is 12.0. The average Bonchev–Trinajstić information content (AvgIpc) is 2.04. The first kappa shape index (κ1) is 57.4. The lowest BCUT2D eigenvalue weighted by molar-refractivity contribution is -0.139. The number of fused-ring (bicyclic) bond motifs is 3. The van der Waals surface area contributed by atoms with Gasteiger partial charge in [0.05, 0.1) is 12.4 Å². The maximum atomic E-state index is 14.2. The maximum absolute atomic E-state index is 14.2. The molecule has 9 rings (SSSR count). The summed E-state index contributed by atoms with van der Waals surface area (Å²) in [6.45, 7) is 10.0. The number of anilines is 3. The second kappa shape index (κ2) is 24.8. The van der Waals surface area contributed by atoms with E-state index < -0.39 is 60.0 Å². The third kappa shape index (κ3) is 14.4. The van der Waals surface area contributed by atoms with Crippen molar-refractivity contribution >= 4 is 68.3 Å². The van der Waals surface area contributed by atoms with Crippen LogP contribution in [0.1, 0.15) is 61.3 Å². The minimum absolute atomic E-state index is 0. The first-order valence-corrected chi connectivity index (χ1v) is 24.5. The van der Waals surface area contributed by atoms with E-state index >= 15 is 0 Å². The van der Waals surface area contributed by atoms with Gasteiger partial charge < -0.3 is 46.9 Å². The van der Waals surface area contributed by atoms with Crippen molar-refractivity contribution in [2.75, 3.05) is 42.3 Å². The molecule has 0 aliphatic rings. The number of carbonyl (C=O) groups excluding carboxylic acids is 3. The van der Waals surface area contributed by atoms with Crippen molar-refractivity contribution in [3.05, 3.63) is 110 Å². The Morgan fingerprint density at radius 3 is 1.47 bits per heavy atom. The van der Waals surface area contributed by atoms with Crippen LogP contribution in [0.15, 0.2) is 98.2 Å². The van der Waals surface area contributed by atoms with Crippen molar-refractivity contribution in [2.45, 2.75) is 71.8 Å². The molecule has 0 spiro atoms. The van der Waals surface area contributed by atoms with Crippen molar-refractivity contribution in [3.8, 4) is 34.2 Å². The van der Waals surface area contributed by atoms with Gasteiger partial charge in [-0.2, -0.15) is 13.2 Å². The van der Waals surface area contributed by atoms with Gasteiger partial charge in [0.2, 0.25) is 17.7 Å². The predicted molar refractivity (Wildman–Crippen MR) is 305 cm³/mol. The highest BCUT2D eigenvalue weighted by Gasteiger charge is 2.32. The Balaban J connectivity index is -0.00000117. The van der Waals surface area contributed by atoms with Gasteiger partial charge in [0.1, 0.15) is 53.1 Å². The van der Waals surface area contributed by atoms with E-state index in [2.05, 4.69) is 86.4 Å². The summed E-state index contributed by atoms with van der Waals surface area (Å²) >= 11 is 0. The molecule has 0 aromatic carbocycles. The molecule has 0 saturated carbocycles. The zero-order chi connectivity index (χ0) is 57.1. The van der Waals surface area contributed by atoms with E-state index in [9.17, 15) is 40.7 Å². The molecule has 1 atom stereocenters. The van der Waals surface area contributed by atoms with Crippen LogP contribution in [-0.4, -0.2) is 127 Å². The summed E-state index contributed by atoms with van der Waals surface area (Å²) in [5.74, 6) is -1.82. The highest BCUT2D eigenvalue weighted by Crippen LogP contribution is 2.30. The van der Waals surface area contributed by atoms with Crippen molar-refractivity contribution in [2.24, 2.45) is 5.92 Å². The Bertz CT molecular complexity index is 3600. The van der Waals surface area contributed by atoms with Crippen molar-refractivity contribution in [1.29, 1.82) is 0 Å². The number of nitrogens with one attached hydrogen (secondary N) is 9. The quantitative estimate of drug-likeness (QED) is 0.0383. The van der Waals surface area contributed by atoms with Gasteiger partial charge in [-0.3, -0.25) is 14.4 Å². The molecule has 432 valence electrons. The molecule has 0 radical (unpaired) electrons. The monoisotopic (exact) mass is 1110 g/mol. The molecule has 79 heavy (non-hydrogen) atoms.